The van der Waals surface area contributed by atoms with Crippen LogP contribution in [0.25, 0.3) is 5.69 Å². The van der Waals surface area contributed by atoms with Crippen molar-refractivity contribution in [3.05, 3.63) is 41.2 Å². The quantitative estimate of drug-likeness (QED) is 0.0463. The number of carbonyl (C=O) groups is 10. The Bertz CT molecular complexity index is 1850. The number of nitrogens with one attached hydrogen (secondary N) is 6. The van der Waals surface area contributed by atoms with Crippen molar-refractivity contribution in [3.63, 3.8) is 0 Å². The van der Waals surface area contributed by atoms with Crippen molar-refractivity contribution in [2.45, 2.75) is 101 Å². The van der Waals surface area contributed by atoms with Crippen LogP contribution in [0.3, 0.4) is 0 Å². The van der Waals surface area contributed by atoms with Crippen molar-refractivity contribution in [1.29, 1.82) is 0 Å². The van der Waals surface area contributed by atoms with Gasteiger partial charge in [0.05, 0.1) is 24.3 Å². The van der Waals surface area contributed by atoms with Crippen LogP contribution in [0.2, 0.25) is 0 Å². The highest BCUT2D eigenvalue weighted by atomic mass is 19.1. The fourth-order valence-electron chi connectivity index (χ4n) is 5.63. The van der Waals surface area contributed by atoms with Crippen LogP contribution in [0.5, 0.6) is 0 Å². The van der Waals surface area contributed by atoms with Gasteiger partial charge in [0.2, 0.25) is 0 Å². The van der Waals surface area contributed by atoms with Crippen LogP contribution >= 0.6 is 0 Å². The average molecular weight is 896 g/mol. The zero-order valence-corrected chi connectivity index (χ0v) is 33.7. The molecule has 0 aliphatic rings. The smallest absolute Gasteiger partial charge is 0.326 e. The van der Waals surface area contributed by atoms with E-state index in [-0.39, 0.29) is 81.3 Å². The zero-order chi connectivity index (χ0) is 47.1. The molecule has 0 fully saturated rings. The Morgan fingerprint density at radius 2 is 0.952 bits per heavy atom. The normalized spacial score (nSPS) is 12.7. The number of carboxylic acid groups (broad SMARTS) is 6. The van der Waals surface area contributed by atoms with Gasteiger partial charge in [-0.3, -0.25) is 23.6 Å². The third-order valence-electron chi connectivity index (χ3n) is 8.93. The number of unbranched alkanes of at least 4 members (excludes halogenated alkanes) is 2. The lowest BCUT2D eigenvalue weighted by atomic mass is 10.1. The highest BCUT2D eigenvalue weighted by molar-refractivity contribution is 6.00. The van der Waals surface area contributed by atoms with E-state index < -0.39 is 116 Å². The van der Waals surface area contributed by atoms with Crippen LogP contribution in [-0.4, -0.2) is 149 Å². The summed E-state index contributed by atoms with van der Waals surface area (Å²) in [6, 6.07) is -4.25. The minimum absolute atomic E-state index is 0.00200. The molecule has 26 heteroatoms. The van der Waals surface area contributed by atoms with Crippen molar-refractivity contribution < 1.29 is 83.0 Å². The minimum atomic E-state index is -1.58. The lowest BCUT2D eigenvalue weighted by molar-refractivity contribution is -0.142. The van der Waals surface area contributed by atoms with Gasteiger partial charge in [-0.2, -0.15) is 0 Å². The van der Waals surface area contributed by atoms with Gasteiger partial charge >= 0.3 is 47.9 Å². The second-order valence-corrected chi connectivity index (χ2v) is 13.9. The molecule has 25 nitrogen and oxygen atoms in total. The van der Waals surface area contributed by atoms with Crippen molar-refractivity contribution in [3.8, 4) is 5.69 Å². The number of alkyl halides is 1. The van der Waals surface area contributed by atoms with E-state index in [0.29, 0.717) is 5.69 Å². The molecular formula is C37H50FN9O16. The van der Waals surface area contributed by atoms with E-state index in [1.807, 2.05) is 10.6 Å². The van der Waals surface area contributed by atoms with Crippen LogP contribution in [-0.2, 0) is 35.2 Å². The molecule has 63 heavy (non-hydrogen) atoms. The second-order valence-electron chi connectivity index (χ2n) is 13.9. The highest BCUT2D eigenvalue weighted by Crippen LogP contribution is 2.16. The Kier molecular flexibility index (Phi) is 21.9. The molecule has 0 spiro atoms. The van der Waals surface area contributed by atoms with Crippen LogP contribution in [0.4, 0.5) is 14.0 Å². The number of carboxylic acids is 6. The summed E-state index contributed by atoms with van der Waals surface area (Å²) in [5.41, 5.74) is 0.664. The Morgan fingerprint density at radius 1 is 0.556 bits per heavy atom. The Morgan fingerprint density at radius 3 is 1.32 bits per heavy atom. The van der Waals surface area contributed by atoms with Crippen LogP contribution in [0, 0.1) is 0 Å². The van der Waals surface area contributed by atoms with Gasteiger partial charge in [-0.25, -0.2) is 33.4 Å². The van der Waals surface area contributed by atoms with Crippen LogP contribution in [0.1, 0.15) is 97.0 Å². The Hall–Kier alpha value is -7.41. The van der Waals surface area contributed by atoms with E-state index in [1.165, 1.54) is 29.1 Å². The molecule has 1 aromatic carbocycles. The van der Waals surface area contributed by atoms with Gasteiger partial charge in [0.1, 0.15) is 24.2 Å². The zero-order valence-electron chi connectivity index (χ0n) is 33.7. The SMILES string of the molecule is O=C(O)CC[C@H](NC(=O)N[C@@H](CCCCNC(=O)c1cc(C(=O)NCCCC[C@H](NC(=O)N[C@@H](CCC(=O)O)C(=O)O)C(=O)O)cc(-n2cc(CCCF)nn2)c1)C(=O)O)C(=O)O. The van der Waals surface area contributed by atoms with Crippen molar-refractivity contribution in [1.82, 2.24) is 46.9 Å². The highest BCUT2D eigenvalue weighted by Gasteiger charge is 2.26. The van der Waals surface area contributed by atoms with Crippen molar-refractivity contribution in [2.24, 2.45) is 0 Å². The molecule has 12 N–H and O–H groups in total. The molecule has 0 saturated carbocycles. The largest absolute Gasteiger partial charge is 0.481 e. The van der Waals surface area contributed by atoms with Gasteiger partial charge < -0.3 is 62.5 Å². The van der Waals surface area contributed by atoms with Crippen molar-refractivity contribution in [2.75, 3.05) is 19.8 Å². The lowest BCUT2D eigenvalue weighted by Crippen LogP contribution is -2.51. The maximum Gasteiger partial charge on any atom is 0.326 e. The number of nitrogens with zero attached hydrogens (tertiary/aromatic N) is 3. The van der Waals surface area contributed by atoms with E-state index in [0.717, 1.165) is 0 Å². The molecule has 4 atom stereocenters. The summed E-state index contributed by atoms with van der Waals surface area (Å²) < 4.78 is 14.0. The number of urea groups is 2. The Balaban J connectivity index is 2.04. The van der Waals surface area contributed by atoms with E-state index >= 15 is 0 Å². The summed E-state index contributed by atoms with van der Waals surface area (Å²) in [5, 5.41) is 76.7. The monoisotopic (exact) mass is 895 g/mol. The molecule has 346 valence electrons. The van der Waals surface area contributed by atoms with Gasteiger partial charge in [-0.15, -0.1) is 5.10 Å². The number of hydrogen-bond acceptors (Lipinski definition) is 12. The fraction of sp³-hybridized carbons (Fsp3) is 0.514. The molecule has 0 saturated heterocycles. The van der Waals surface area contributed by atoms with E-state index in [1.54, 1.807) is 0 Å². The Labute approximate surface area is 357 Å². The van der Waals surface area contributed by atoms with Gasteiger partial charge in [0, 0.05) is 37.1 Å². The van der Waals surface area contributed by atoms with Crippen LogP contribution in [0.15, 0.2) is 24.4 Å². The minimum Gasteiger partial charge on any atom is -0.481 e. The number of aryl methyl sites for hydroxylation is 1. The summed E-state index contributed by atoms with van der Waals surface area (Å²) in [6.45, 7) is -0.575. The number of aromatic nitrogens is 3. The molecule has 2 aromatic rings. The molecule has 1 aromatic heterocycles. The first-order valence-electron chi connectivity index (χ1n) is 19.5. The summed E-state index contributed by atoms with van der Waals surface area (Å²) in [7, 11) is 0. The molecule has 0 bridgehead atoms. The third kappa shape index (κ3) is 19.7. The van der Waals surface area contributed by atoms with E-state index in [4.69, 9.17) is 10.2 Å². The maximum absolute atomic E-state index is 13.3. The molecule has 0 radical (unpaired) electrons. The summed E-state index contributed by atoms with van der Waals surface area (Å²) >= 11 is 0. The van der Waals surface area contributed by atoms with Crippen LogP contribution < -0.4 is 31.9 Å². The first kappa shape index (κ1) is 51.7. The topological polar surface area (TPSA) is 395 Å². The molecule has 2 rings (SSSR count). The summed E-state index contributed by atoms with van der Waals surface area (Å²) in [6.07, 6.45) is 0.420. The molecule has 0 aliphatic carbocycles. The number of carbonyl (C=O) groups excluding carboxylic acids is 4. The fourth-order valence-corrected chi connectivity index (χ4v) is 5.63. The predicted molar refractivity (Wildman–Crippen MR) is 211 cm³/mol. The van der Waals surface area contributed by atoms with Gasteiger partial charge in [0.15, 0.2) is 0 Å². The summed E-state index contributed by atoms with van der Waals surface area (Å²) in [5.74, 6) is -9.76. The maximum atomic E-state index is 13.3. The van der Waals surface area contributed by atoms with Gasteiger partial charge in [0.25, 0.3) is 11.8 Å². The average Bonchev–Trinajstić information content (AvgIpc) is 3.70. The number of hydrogen-bond donors (Lipinski definition) is 12. The van der Waals surface area contributed by atoms with E-state index in [2.05, 4.69) is 31.6 Å². The first-order valence-corrected chi connectivity index (χ1v) is 19.5. The first-order chi connectivity index (χ1) is 29.8. The molecule has 0 aliphatic heterocycles. The van der Waals surface area contributed by atoms with Gasteiger partial charge in [-0.1, -0.05) is 5.21 Å². The molecule has 1 heterocycles. The van der Waals surface area contributed by atoms with Crippen molar-refractivity contribution >= 4 is 59.7 Å². The third-order valence-corrected chi connectivity index (χ3v) is 8.93. The standard InChI is InChI=1S/C37H50FN9O16/c38-13-5-6-22-19-47(46-45-22)23-17-20(30(52)39-14-3-1-7-24(32(54)55)41-36(62)43-26(34(58)59)9-11-28(48)49)16-21(18-23)31(53)40-15-4-2-8-25(33(56)57)42-37(63)44-27(35(60)61)10-12-29(50)51/h16-19,24-27H,1-15H2,(H,39,52)(H,40,53)(H,48,49)(H,50,51)(H,54,55)(H,56,57)(H,58,59)(H,60,61)(H2,41,43,62)(H2,42,44,63)/t24-,25-,26-,27-/m0/s1. The number of rotatable bonds is 30. The number of amides is 6. The number of aliphatic carboxylic acids is 6. The molecular weight excluding hydrogens is 845 g/mol. The lowest BCUT2D eigenvalue weighted by Gasteiger charge is -2.18. The van der Waals surface area contributed by atoms with Gasteiger partial charge in [-0.05, 0) is 82.4 Å². The number of benzene rings is 1. The molecule has 6 amide bonds. The second kappa shape index (κ2) is 26.7. The predicted octanol–water partition coefficient (Wildman–Crippen LogP) is 0.110. The number of halogens is 1. The van der Waals surface area contributed by atoms with E-state index in [9.17, 15) is 72.8 Å². The molecule has 0 unspecified atom stereocenters. The summed E-state index contributed by atoms with van der Waals surface area (Å²) in [4.78, 5) is 119.